The van der Waals surface area contributed by atoms with Crippen molar-refractivity contribution < 1.29 is 22.7 Å². The second-order valence-electron chi connectivity index (χ2n) is 4.03. The van der Waals surface area contributed by atoms with E-state index >= 15 is 0 Å². The molecule has 0 spiro atoms. The Balaban J connectivity index is 2.29. The zero-order valence-corrected chi connectivity index (χ0v) is 12.3. The van der Waals surface area contributed by atoms with Crippen LogP contribution < -0.4 is 10.5 Å². The van der Waals surface area contributed by atoms with E-state index in [2.05, 4.69) is 9.73 Å². The smallest absolute Gasteiger partial charge is 0.406 e. The van der Waals surface area contributed by atoms with Crippen LogP contribution in [0.5, 0.6) is 5.75 Å². The summed E-state index contributed by atoms with van der Waals surface area (Å²) in [7, 11) is 1.47. The zero-order chi connectivity index (χ0) is 15.1. The van der Waals surface area contributed by atoms with Gasteiger partial charge in [-0.2, -0.15) is 0 Å². The molecule has 2 rings (SSSR count). The van der Waals surface area contributed by atoms with E-state index in [0.717, 1.165) is 12.1 Å². The van der Waals surface area contributed by atoms with Crippen LogP contribution in [0.2, 0.25) is 0 Å². The third-order valence-corrected chi connectivity index (χ3v) is 4.00. The zero-order valence-electron chi connectivity index (χ0n) is 10.1. The molecule has 20 heavy (non-hydrogen) atoms. The van der Waals surface area contributed by atoms with Crippen LogP contribution in [0.4, 0.5) is 13.2 Å². The van der Waals surface area contributed by atoms with E-state index in [9.17, 15) is 18.0 Å². The quantitative estimate of drug-likeness (QED) is 0.470. The fraction of sp³-hybridized carbons (Fsp3) is 0.273. The third-order valence-electron chi connectivity index (χ3n) is 2.67. The summed E-state index contributed by atoms with van der Waals surface area (Å²) in [5.74, 6) is -0.669. The van der Waals surface area contributed by atoms with Crippen LogP contribution in [0.15, 0.2) is 29.3 Å². The van der Waals surface area contributed by atoms with Crippen molar-refractivity contribution >= 4 is 34.5 Å². The van der Waals surface area contributed by atoms with Gasteiger partial charge in [0.05, 0.1) is 0 Å². The summed E-state index contributed by atoms with van der Waals surface area (Å²) < 4.78 is 38.7. The number of amides is 1. The number of alkyl halides is 4. The van der Waals surface area contributed by atoms with E-state index in [1.54, 1.807) is 22.6 Å². The highest BCUT2D eigenvalue weighted by Gasteiger charge is 2.45. The fourth-order valence-electron chi connectivity index (χ4n) is 1.67. The fourth-order valence-corrected chi connectivity index (χ4v) is 2.64. The molecule has 1 amide bonds. The van der Waals surface area contributed by atoms with E-state index in [4.69, 9.17) is 5.73 Å². The summed E-state index contributed by atoms with van der Waals surface area (Å²) in [4.78, 5) is 17.3. The maximum atomic E-state index is 12.1. The molecule has 0 unspecified atom stereocenters. The predicted molar refractivity (Wildman–Crippen MR) is 73.2 cm³/mol. The summed E-state index contributed by atoms with van der Waals surface area (Å²) in [5.41, 5.74) is 5.99. The van der Waals surface area contributed by atoms with E-state index in [-0.39, 0.29) is 17.6 Å². The van der Waals surface area contributed by atoms with Gasteiger partial charge in [-0.25, -0.2) is 4.99 Å². The Bertz CT molecular complexity index is 573. The minimum absolute atomic E-state index is 0.0556. The number of ether oxygens (including phenoxy) is 1. The first kappa shape index (κ1) is 14.9. The van der Waals surface area contributed by atoms with E-state index < -0.39 is 9.91 Å². The Morgan fingerprint density at radius 2 is 1.90 bits per heavy atom. The first-order valence-electron chi connectivity index (χ1n) is 5.32. The molecule has 0 saturated heterocycles. The summed E-state index contributed by atoms with van der Waals surface area (Å²) in [6, 6.07) is 4.95. The topological polar surface area (TPSA) is 67.9 Å². The second kappa shape index (κ2) is 4.79. The first-order chi connectivity index (χ1) is 9.13. The number of rotatable bonds is 2. The van der Waals surface area contributed by atoms with Crippen molar-refractivity contribution in [3.63, 3.8) is 0 Å². The van der Waals surface area contributed by atoms with Gasteiger partial charge in [0.15, 0.2) is 5.96 Å². The number of nitrogens with two attached hydrogens (primary N) is 1. The average Bonchev–Trinajstić information content (AvgIpc) is 2.53. The lowest BCUT2D eigenvalue weighted by Gasteiger charge is -2.19. The highest BCUT2D eigenvalue weighted by molar-refractivity contribution is 14.1. The molecule has 9 heteroatoms. The molecule has 0 saturated carbocycles. The van der Waals surface area contributed by atoms with Crippen molar-refractivity contribution in [2.75, 3.05) is 7.05 Å². The summed E-state index contributed by atoms with van der Waals surface area (Å²) >= 11 is 1.81. The Morgan fingerprint density at radius 1 is 1.35 bits per heavy atom. The summed E-state index contributed by atoms with van der Waals surface area (Å²) in [6.45, 7) is 0. The molecular formula is C11H9F3IN3O2. The van der Waals surface area contributed by atoms with Crippen molar-refractivity contribution in [3.05, 3.63) is 29.8 Å². The van der Waals surface area contributed by atoms with Crippen LogP contribution in [-0.4, -0.2) is 30.2 Å². The molecule has 0 bridgehead atoms. The lowest BCUT2D eigenvalue weighted by molar-refractivity contribution is -0.274. The Labute approximate surface area is 125 Å². The average molecular weight is 399 g/mol. The largest absolute Gasteiger partial charge is 0.573 e. The molecule has 0 fully saturated rings. The van der Waals surface area contributed by atoms with Gasteiger partial charge in [0.25, 0.3) is 5.91 Å². The Kier molecular flexibility index (Phi) is 3.56. The lowest BCUT2D eigenvalue weighted by atomic mass is 10.1. The monoisotopic (exact) mass is 399 g/mol. The molecule has 5 nitrogen and oxygen atoms in total. The minimum atomic E-state index is -4.75. The van der Waals surface area contributed by atoms with Crippen LogP contribution in [0, 0.1) is 0 Å². The van der Waals surface area contributed by atoms with Crippen molar-refractivity contribution in [3.8, 4) is 5.75 Å². The number of benzene rings is 1. The predicted octanol–water partition coefficient (Wildman–Crippen LogP) is 1.96. The first-order valence-corrected chi connectivity index (χ1v) is 6.40. The maximum absolute atomic E-state index is 12.1. The van der Waals surface area contributed by atoms with Crippen molar-refractivity contribution in [1.29, 1.82) is 0 Å². The molecule has 1 atom stereocenters. The number of carbonyl (C=O) groups excluding carboxylic acids is 1. The molecule has 1 heterocycles. The highest BCUT2D eigenvalue weighted by atomic mass is 127. The molecular weight excluding hydrogens is 390 g/mol. The van der Waals surface area contributed by atoms with Crippen molar-refractivity contribution in [2.45, 2.75) is 9.91 Å². The molecule has 1 aliphatic heterocycles. The van der Waals surface area contributed by atoms with Gasteiger partial charge in [0.1, 0.15) is 5.75 Å². The van der Waals surface area contributed by atoms with Gasteiger partial charge < -0.3 is 10.5 Å². The number of carbonyl (C=O) groups is 1. The SMILES string of the molecule is CN1C(=O)[C@@](I)(c2ccc(OC(F)(F)F)cc2)N=C1N. The Hall–Kier alpha value is -1.52. The molecule has 1 aromatic rings. The Morgan fingerprint density at radius 3 is 2.30 bits per heavy atom. The molecule has 2 N–H and O–H groups in total. The van der Waals surface area contributed by atoms with Gasteiger partial charge in [-0.05, 0) is 40.3 Å². The molecule has 1 aromatic carbocycles. The summed E-state index contributed by atoms with van der Waals surface area (Å²) in [5, 5.41) is 0. The number of likely N-dealkylation sites (N-methyl/N-ethyl adjacent to an activating group) is 1. The number of hydrogen-bond acceptors (Lipinski definition) is 4. The van der Waals surface area contributed by atoms with Gasteiger partial charge in [0.2, 0.25) is 3.55 Å². The normalized spacial score (nSPS) is 22.9. The van der Waals surface area contributed by atoms with Crippen LogP contribution in [-0.2, 0) is 8.34 Å². The van der Waals surface area contributed by atoms with Crippen molar-refractivity contribution in [1.82, 2.24) is 4.90 Å². The van der Waals surface area contributed by atoms with Crippen LogP contribution in [0.25, 0.3) is 0 Å². The van der Waals surface area contributed by atoms with Crippen molar-refractivity contribution in [2.24, 2.45) is 10.7 Å². The lowest BCUT2D eigenvalue weighted by Crippen LogP contribution is -2.37. The van der Waals surface area contributed by atoms with Gasteiger partial charge in [-0.3, -0.25) is 9.69 Å². The maximum Gasteiger partial charge on any atom is 0.573 e. The molecule has 0 radical (unpaired) electrons. The number of guanidine groups is 1. The number of halogens is 4. The third kappa shape index (κ3) is 2.67. The van der Waals surface area contributed by atoms with Gasteiger partial charge in [0, 0.05) is 7.05 Å². The van der Waals surface area contributed by atoms with Crippen LogP contribution in [0.1, 0.15) is 5.56 Å². The summed E-state index contributed by atoms with van der Waals surface area (Å²) in [6.07, 6.45) is -4.75. The molecule has 108 valence electrons. The van der Waals surface area contributed by atoms with Gasteiger partial charge in [-0.1, -0.05) is 12.1 Å². The number of nitrogens with zero attached hydrogens (tertiary/aromatic N) is 2. The standard InChI is InChI=1S/C11H9F3IN3O2/c1-18-8(19)10(15,17-9(18)16)6-2-4-7(5-3-6)20-11(12,13)14/h2-5H,1H3,(H2,16,17)/t10-/m1/s1. The van der Waals surface area contributed by atoms with Crippen LogP contribution in [0.3, 0.4) is 0 Å². The molecule has 0 aliphatic carbocycles. The second-order valence-corrected chi connectivity index (χ2v) is 5.59. The number of aliphatic imine (C=N–C) groups is 1. The molecule has 0 aromatic heterocycles. The van der Waals surface area contributed by atoms with Gasteiger partial charge in [-0.15, -0.1) is 13.2 Å². The van der Waals surface area contributed by atoms with E-state index in [1.165, 1.54) is 24.1 Å². The van der Waals surface area contributed by atoms with Gasteiger partial charge >= 0.3 is 6.36 Å². The van der Waals surface area contributed by atoms with E-state index in [1.807, 2.05) is 0 Å². The van der Waals surface area contributed by atoms with Crippen LogP contribution >= 0.6 is 22.6 Å². The molecule has 1 aliphatic rings. The number of hydrogen-bond donors (Lipinski definition) is 1. The van der Waals surface area contributed by atoms with E-state index in [0.29, 0.717) is 5.56 Å². The minimum Gasteiger partial charge on any atom is -0.406 e. The highest BCUT2D eigenvalue weighted by Crippen LogP contribution is 2.39.